The zero-order chi connectivity index (χ0) is 12.0. The molecule has 0 saturated heterocycles. The number of nitrogens with zero attached hydrogens (tertiary/aromatic N) is 3. The molecular weight excluding hydrogens is 293 g/mol. The molecule has 0 fully saturated rings. The van der Waals surface area contributed by atoms with Crippen LogP contribution in [0.1, 0.15) is 13.3 Å². The van der Waals surface area contributed by atoms with Crippen molar-refractivity contribution in [3.8, 4) is 5.88 Å². The average molecular weight is 309 g/mol. The smallest absolute Gasteiger partial charge is 0.232 e. The van der Waals surface area contributed by atoms with Gasteiger partial charge in [-0.25, -0.2) is 4.98 Å². The first kappa shape index (κ1) is 13.5. The van der Waals surface area contributed by atoms with Gasteiger partial charge in [0.1, 0.15) is 0 Å². The van der Waals surface area contributed by atoms with Gasteiger partial charge in [-0.2, -0.15) is 4.98 Å². The normalized spacial score (nSPS) is 10.2. The highest BCUT2D eigenvalue weighted by molar-refractivity contribution is 9.10. The molecule has 1 rings (SSSR count). The second-order valence-corrected chi connectivity index (χ2v) is 4.38. The standard InChI is InChI=1S/C10H15BrClN3O/c1-3-15(6-4-5-12)10-13-7-8(11)9(14-10)16-2/h7H,3-6H2,1-2H3. The van der Waals surface area contributed by atoms with Crippen molar-refractivity contribution in [2.24, 2.45) is 0 Å². The monoisotopic (exact) mass is 307 g/mol. The number of hydrogen-bond acceptors (Lipinski definition) is 4. The number of alkyl halides is 1. The van der Waals surface area contributed by atoms with Crippen LogP contribution in [0.15, 0.2) is 10.7 Å². The van der Waals surface area contributed by atoms with Crippen LogP contribution in [0.3, 0.4) is 0 Å². The second kappa shape index (κ2) is 6.91. The predicted molar refractivity (Wildman–Crippen MR) is 69.5 cm³/mol. The summed E-state index contributed by atoms with van der Waals surface area (Å²) in [4.78, 5) is 10.6. The third-order valence-electron chi connectivity index (χ3n) is 2.12. The number of anilines is 1. The van der Waals surface area contributed by atoms with E-state index in [2.05, 4.69) is 37.7 Å². The van der Waals surface area contributed by atoms with Gasteiger partial charge in [0.15, 0.2) is 0 Å². The molecule has 0 saturated carbocycles. The van der Waals surface area contributed by atoms with Crippen LogP contribution in [0.25, 0.3) is 0 Å². The number of halogens is 2. The Labute approximate surface area is 109 Å². The molecule has 0 amide bonds. The van der Waals surface area contributed by atoms with Gasteiger partial charge in [0, 0.05) is 19.0 Å². The highest BCUT2D eigenvalue weighted by Crippen LogP contribution is 2.23. The van der Waals surface area contributed by atoms with Gasteiger partial charge in [-0.05, 0) is 29.3 Å². The number of aromatic nitrogens is 2. The Morgan fingerprint density at radius 2 is 2.31 bits per heavy atom. The Balaban J connectivity index is 2.83. The number of rotatable bonds is 6. The summed E-state index contributed by atoms with van der Waals surface area (Å²) in [7, 11) is 1.59. The number of hydrogen-bond donors (Lipinski definition) is 0. The lowest BCUT2D eigenvalue weighted by Gasteiger charge is -2.20. The Hall–Kier alpha value is -0.550. The van der Waals surface area contributed by atoms with Crippen molar-refractivity contribution in [3.63, 3.8) is 0 Å². The summed E-state index contributed by atoms with van der Waals surface area (Å²) in [5.41, 5.74) is 0. The van der Waals surface area contributed by atoms with Crippen LogP contribution in [0.5, 0.6) is 5.88 Å². The maximum Gasteiger partial charge on any atom is 0.232 e. The van der Waals surface area contributed by atoms with Gasteiger partial charge in [0.25, 0.3) is 0 Å². The van der Waals surface area contributed by atoms with E-state index >= 15 is 0 Å². The van der Waals surface area contributed by atoms with E-state index in [0.29, 0.717) is 17.7 Å². The number of methoxy groups -OCH3 is 1. The summed E-state index contributed by atoms with van der Waals surface area (Å²) >= 11 is 9.00. The van der Waals surface area contributed by atoms with Crippen LogP contribution in [-0.4, -0.2) is 36.0 Å². The maximum atomic E-state index is 5.67. The molecule has 6 heteroatoms. The molecule has 0 aromatic carbocycles. The van der Waals surface area contributed by atoms with Crippen LogP contribution in [-0.2, 0) is 0 Å². The zero-order valence-corrected chi connectivity index (χ0v) is 11.8. The Morgan fingerprint density at radius 3 is 2.88 bits per heavy atom. The molecule has 0 N–H and O–H groups in total. The van der Waals surface area contributed by atoms with Gasteiger partial charge in [0.2, 0.25) is 11.8 Å². The Morgan fingerprint density at radius 1 is 1.56 bits per heavy atom. The van der Waals surface area contributed by atoms with Crippen LogP contribution in [0, 0.1) is 0 Å². The molecule has 0 atom stereocenters. The van der Waals surface area contributed by atoms with Crippen molar-refractivity contribution in [1.29, 1.82) is 0 Å². The Bertz CT molecular complexity index is 338. The molecule has 0 unspecified atom stereocenters. The van der Waals surface area contributed by atoms with Gasteiger partial charge < -0.3 is 9.64 Å². The fourth-order valence-corrected chi connectivity index (χ4v) is 1.76. The van der Waals surface area contributed by atoms with Crippen LogP contribution >= 0.6 is 27.5 Å². The molecular formula is C10H15BrClN3O. The third-order valence-corrected chi connectivity index (χ3v) is 2.93. The number of ether oxygens (including phenoxy) is 1. The summed E-state index contributed by atoms with van der Waals surface area (Å²) < 4.78 is 5.89. The van der Waals surface area contributed by atoms with Gasteiger partial charge in [-0.15, -0.1) is 11.6 Å². The van der Waals surface area contributed by atoms with E-state index in [-0.39, 0.29) is 0 Å². The highest BCUT2D eigenvalue weighted by Gasteiger charge is 2.10. The summed E-state index contributed by atoms with van der Waals surface area (Å²) in [5, 5.41) is 0. The van der Waals surface area contributed by atoms with Crippen molar-refractivity contribution in [3.05, 3.63) is 10.7 Å². The SMILES string of the molecule is CCN(CCCCl)c1ncc(Br)c(OC)n1. The summed E-state index contributed by atoms with van der Waals surface area (Å²) in [6, 6.07) is 0. The fraction of sp³-hybridized carbons (Fsp3) is 0.600. The first-order valence-electron chi connectivity index (χ1n) is 5.10. The highest BCUT2D eigenvalue weighted by atomic mass is 79.9. The third kappa shape index (κ3) is 3.49. The lowest BCUT2D eigenvalue weighted by Crippen LogP contribution is -2.26. The molecule has 0 spiro atoms. The minimum Gasteiger partial charge on any atom is -0.480 e. The minimum atomic E-state index is 0.550. The average Bonchev–Trinajstić information content (AvgIpc) is 2.32. The second-order valence-electron chi connectivity index (χ2n) is 3.15. The van der Waals surface area contributed by atoms with Crippen molar-refractivity contribution >= 4 is 33.5 Å². The maximum absolute atomic E-state index is 5.67. The molecule has 0 aliphatic rings. The summed E-state index contributed by atoms with van der Waals surface area (Å²) in [6.07, 6.45) is 2.61. The van der Waals surface area contributed by atoms with E-state index in [1.54, 1.807) is 13.3 Å². The van der Waals surface area contributed by atoms with Crippen LogP contribution in [0.2, 0.25) is 0 Å². The van der Waals surface area contributed by atoms with E-state index in [4.69, 9.17) is 16.3 Å². The quantitative estimate of drug-likeness (QED) is 0.757. The zero-order valence-electron chi connectivity index (χ0n) is 9.41. The van der Waals surface area contributed by atoms with E-state index in [9.17, 15) is 0 Å². The largest absolute Gasteiger partial charge is 0.480 e. The first-order valence-corrected chi connectivity index (χ1v) is 6.43. The summed E-state index contributed by atoms with van der Waals surface area (Å²) in [6.45, 7) is 3.76. The van der Waals surface area contributed by atoms with Gasteiger partial charge in [-0.3, -0.25) is 0 Å². The predicted octanol–water partition coefficient (Wildman–Crippen LogP) is 2.70. The van der Waals surface area contributed by atoms with E-state index in [1.807, 2.05) is 0 Å². The molecule has 0 bridgehead atoms. The molecule has 1 heterocycles. The molecule has 0 radical (unpaired) electrons. The molecule has 0 aliphatic heterocycles. The van der Waals surface area contributed by atoms with Crippen molar-refractivity contribution < 1.29 is 4.74 Å². The van der Waals surface area contributed by atoms with E-state index in [1.165, 1.54) is 0 Å². The van der Waals surface area contributed by atoms with E-state index < -0.39 is 0 Å². The van der Waals surface area contributed by atoms with Gasteiger partial charge in [-0.1, -0.05) is 0 Å². The topological polar surface area (TPSA) is 38.2 Å². The van der Waals surface area contributed by atoms with Gasteiger partial charge in [0.05, 0.1) is 17.8 Å². The Kier molecular flexibility index (Phi) is 5.84. The van der Waals surface area contributed by atoms with E-state index in [0.717, 1.165) is 24.0 Å². The van der Waals surface area contributed by atoms with Crippen molar-refractivity contribution in [2.45, 2.75) is 13.3 Å². The minimum absolute atomic E-state index is 0.550. The van der Waals surface area contributed by atoms with Crippen LogP contribution in [0.4, 0.5) is 5.95 Å². The molecule has 0 aliphatic carbocycles. The molecule has 4 nitrogen and oxygen atoms in total. The van der Waals surface area contributed by atoms with Crippen molar-refractivity contribution in [1.82, 2.24) is 9.97 Å². The first-order chi connectivity index (χ1) is 7.72. The summed E-state index contributed by atoms with van der Waals surface area (Å²) in [5.74, 6) is 1.87. The van der Waals surface area contributed by atoms with Gasteiger partial charge >= 0.3 is 0 Å². The molecule has 16 heavy (non-hydrogen) atoms. The lowest BCUT2D eigenvalue weighted by atomic mass is 10.4. The molecule has 1 aromatic rings. The van der Waals surface area contributed by atoms with Crippen molar-refractivity contribution in [2.75, 3.05) is 31.0 Å². The lowest BCUT2D eigenvalue weighted by molar-refractivity contribution is 0.393. The van der Waals surface area contributed by atoms with Crippen LogP contribution < -0.4 is 9.64 Å². The fourth-order valence-electron chi connectivity index (χ4n) is 1.29. The molecule has 90 valence electrons. The molecule has 1 aromatic heterocycles.